The van der Waals surface area contributed by atoms with E-state index >= 15 is 0 Å². The van der Waals surface area contributed by atoms with Gasteiger partial charge in [0, 0.05) is 19.7 Å². The fourth-order valence-corrected chi connectivity index (χ4v) is 2.23. The van der Waals surface area contributed by atoms with E-state index in [1.807, 2.05) is 12.1 Å². The summed E-state index contributed by atoms with van der Waals surface area (Å²) < 4.78 is 10.6. The molecule has 0 spiro atoms. The number of urea groups is 1. The van der Waals surface area contributed by atoms with E-state index in [9.17, 15) is 4.79 Å². The third-order valence-corrected chi connectivity index (χ3v) is 3.56. The molecule has 1 aliphatic rings. The second-order valence-corrected chi connectivity index (χ2v) is 4.29. The second-order valence-electron chi connectivity index (χ2n) is 3.91. The molecule has 1 N–H and O–H groups in total. The molecular weight excluding hydrogens is 252 g/mol. The zero-order chi connectivity index (χ0) is 13.3. The van der Waals surface area contributed by atoms with Crippen molar-refractivity contribution >= 4 is 23.2 Å². The number of hydrogen-bond acceptors (Lipinski definition) is 4. The Labute approximate surface area is 111 Å². The number of benzene rings is 1. The van der Waals surface area contributed by atoms with E-state index in [1.165, 1.54) is 12.0 Å². The molecule has 1 heterocycles. The number of nitrogens with zero attached hydrogens (tertiary/aromatic N) is 1. The number of nitrogens with one attached hydrogen (secondary N) is 1. The molecule has 5 nitrogen and oxygen atoms in total. The monoisotopic (exact) mass is 266 g/mol. The molecule has 2 rings (SSSR count). The van der Waals surface area contributed by atoms with Crippen LogP contribution in [0, 0.1) is 0 Å². The van der Waals surface area contributed by atoms with Gasteiger partial charge < -0.3 is 9.47 Å². The van der Waals surface area contributed by atoms with Crippen molar-refractivity contribution in [3.05, 3.63) is 29.8 Å². The molecule has 0 unspecified atom stereocenters. The Morgan fingerprint density at radius 2 is 1.89 bits per heavy atom. The van der Waals surface area contributed by atoms with Crippen molar-refractivity contribution in [3.8, 4) is 5.75 Å². The molecule has 0 saturated carbocycles. The van der Waals surface area contributed by atoms with Gasteiger partial charge in [-0.1, -0.05) is 24.4 Å². The zero-order valence-electron chi connectivity index (χ0n) is 10.4. The summed E-state index contributed by atoms with van der Waals surface area (Å²) in [7, 11) is 4.72. The Bertz CT molecular complexity index is 489. The van der Waals surface area contributed by atoms with Gasteiger partial charge in [-0.15, -0.1) is 0 Å². The highest BCUT2D eigenvalue weighted by Gasteiger charge is 2.48. The summed E-state index contributed by atoms with van der Waals surface area (Å²) in [5, 5.41) is 2.75. The van der Waals surface area contributed by atoms with E-state index < -0.39 is 5.72 Å². The summed E-state index contributed by atoms with van der Waals surface area (Å²) in [4.78, 5) is 13.4. The highest BCUT2D eigenvalue weighted by atomic mass is 32.1. The molecule has 0 aliphatic carbocycles. The number of rotatable bonds is 3. The smallest absolute Gasteiger partial charge is 0.324 e. The number of amides is 2. The van der Waals surface area contributed by atoms with Gasteiger partial charge >= 0.3 is 6.03 Å². The number of carbonyl (C=O) groups excluding carboxylic acids is 1. The third kappa shape index (κ3) is 1.74. The molecule has 1 fully saturated rings. The Kier molecular flexibility index (Phi) is 3.23. The molecule has 0 radical (unpaired) electrons. The standard InChI is InChI=1S/C12H14N2O3S/c1-14-10(18)12(17-3,13-11(14)15)8-4-6-9(16-2)7-5-8/h4-7H,1-3H3,(H,13,15)/t12-/m1/s1. The minimum Gasteiger partial charge on any atom is -0.497 e. The van der Waals surface area contributed by atoms with Crippen molar-refractivity contribution in [3.63, 3.8) is 0 Å². The molecule has 1 atom stereocenters. The quantitative estimate of drug-likeness (QED) is 0.842. The SMILES string of the molecule is COc1ccc([C@]2(OC)NC(=O)N(C)C2=S)cc1. The van der Waals surface area contributed by atoms with Crippen LogP contribution in [0.1, 0.15) is 5.56 Å². The summed E-state index contributed by atoms with van der Waals surface area (Å²) in [5.74, 6) is 0.730. The van der Waals surface area contributed by atoms with E-state index in [2.05, 4.69) is 5.32 Å². The van der Waals surface area contributed by atoms with Crippen molar-refractivity contribution in [2.24, 2.45) is 0 Å². The lowest BCUT2D eigenvalue weighted by Gasteiger charge is -2.27. The van der Waals surface area contributed by atoms with Gasteiger partial charge in [0.1, 0.15) is 10.7 Å². The van der Waals surface area contributed by atoms with Crippen LogP contribution < -0.4 is 10.1 Å². The summed E-state index contributed by atoms with van der Waals surface area (Å²) in [6, 6.07) is 6.94. The average Bonchev–Trinajstić information content (AvgIpc) is 2.64. The number of methoxy groups -OCH3 is 2. The summed E-state index contributed by atoms with van der Waals surface area (Å²) in [6.45, 7) is 0. The first-order chi connectivity index (χ1) is 8.55. The zero-order valence-corrected chi connectivity index (χ0v) is 11.2. The molecule has 1 aromatic carbocycles. The maximum atomic E-state index is 11.7. The first-order valence-electron chi connectivity index (χ1n) is 5.35. The van der Waals surface area contributed by atoms with Crippen LogP contribution in [0.3, 0.4) is 0 Å². The van der Waals surface area contributed by atoms with Gasteiger partial charge in [0.25, 0.3) is 0 Å². The topological polar surface area (TPSA) is 50.8 Å². The summed E-state index contributed by atoms with van der Waals surface area (Å²) in [6.07, 6.45) is 0. The largest absolute Gasteiger partial charge is 0.497 e. The van der Waals surface area contributed by atoms with Crippen LogP contribution in [0.2, 0.25) is 0 Å². The minimum absolute atomic E-state index is 0.280. The number of carbonyl (C=O) groups is 1. The van der Waals surface area contributed by atoms with Crippen molar-refractivity contribution in [1.82, 2.24) is 10.2 Å². The van der Waals surface area contributed by atoms with E-state index in [-0.39, 0.29) is 6.03 Å². The molecule has 0 bridgehead atoms. The lowest BCUT2D eigenvalue weighted by atomic mass is 10.0. The molecular formula is C12H14N2O3S. The highest BCUT2D eigenvalue weighted by Crippen LogP contribution is 2.31. The lowest BCUT2D eigenvalue weighted by Crippen LogP contribution is -2.44. The fraction of sp³-hybridized carbons (Fsp3) is 0.333. The molecule has 2 amide bonds. The van der Waals surface area contributed by atoms with E-state index in [4.69, 9.17) is 21.7 Å². The molecule has 6 heteroatoms. The van der Waals surface area contributed by atoms with Crippen molar-refractivity contribution < 1.29 is 14.3 Å². The van der Waals surface area contributed by atoms with E-state index in [0.29, 0.717) is 4.99 Å². The maximum Gasteiger partial charge on any atom is 0.324 e. The van der Waals surface area contributed by atoms with Crippen LogP contribution >= 0.6 is 12.2 Å². The first kappa shape index (κ1) is 12.8. The Hall–Kier alpha value is -1.66. The number of likely N-dealkylation sites (N-methyl/N-ethyl adjacent to an activating group) is 1. The van der Waals surface area contributed by atoms with Crippen LogP contribution in [-0.2, 0) is 10.5 Å². The molecule has 0 aromatic heterocycles. The predicted octanol–water partition coefficient (Wildman–Crippen LogP) is 1.48. The van der Waals surface area contributed by atoms with Gasteiger partial charge in [0.2, 0.25) is 5.72 Å². The second kappa shape index (κ2) is 4.55. The fourth-order valence-electron chi connectivity index (χ4n) is 1.89. The Morgan fingerprint density at radius 3 is 2.28 bits per heavy atom. The molecule has 96 valence electrons. The number of thiocarbonyl (C=S) groups is 1. The molecule has 1 aliphatic heterocycles. The van der Waals surface area contributed by atoms with Gasteiger partial charge in [-0.05, 0) is 12.1 Å². The minimum atomic E-state index is -1.08. The lowest BCUT2D eigenvalue weighted by molar-refractivity contribution is 0.0361. The van der Waals surface area contributed by atoms with Crippen molar-refractivity contribution in [2.45, 2.75) is 5.72 Å². The highest BCUT2D eigenvalue weighted by molar-refractivity contribution is 7.80. The normalized spacial score (nSPS) is 23.2. The first-order valence-corrected chi connectivity index (χ1v) is 5.76. The third-order valence-electron chi connectivity index (χ3n) is 3.00. The maximum absolute atomic E-state index is 11.7. The van der Waals surface area contributed by atoms with E-state index in [0.717, 1.165) is 11.3 Å². The molecule has 18 heavy (non-hydrogen) atoms. The van der Waals surface area contributed by atoms with Gasteiger partial charge in [-0.2, -0.15) is 0 Å². The van der Waals surface area contributed by atoms with Crippen LogP contribution in [0.4, 0.5) is 4.79 Å². The van der Waals surface area contributed by atoms with Crippen LogP contribution in [0.25, 0.3) is 0 Å². The number of hydrogen-bond donors (Lipinski definition) is 1. The Balaban J connectivity index is 2.44. The van der Waals surface area contributed by atoms with Crippen LogP contribution in [-0.4, -0.2) is 37.2 Å². The van der Waals surface area contributed by atoms with Gasteiger partial charge in [0.15, 0.2) is 0 Å². The van der Waals surface area contributed by atoms with Gasteiger partial charge in [0.05, 0.1) is 7.11 Å². The van der Waals surface area contributed by atoms with Crippen molar-refractivity contribution in [1.29, 1.82) is 0 Å². The van der Waals surface area contributed by atoms with E-state index in [1.54, 1.807) is 26.3 Å². The summed E-state index contributed by atoms with van der Waals surface area (Å²) >= 11 is 5.28. The van der Waals surface area contributed by atoms with Gasteiger partial charge in [-0.3, -0.25) is 10.2 Å². The predicted molar refractivity (Wildman–Crippen MR) is 70.6 cm³/mol. The van der Waals surface area contributed by atoms with Crippen LogP contribution in [0.5, 0.6) is 5.75 Å². The molecule has 1 saturated heterocycles. The molecule has 1 aromatic rings. The van der Waals surface area contributed by atoms with Crippen LogP contribution in [0.15, 0.2) is 24.3 Å². The average molecular weight is 266 g/mol. The van der Waals surface area contributed by atoms with Gasteiger partial charge in [-0.25, -0.2) is 4.79 Å². The number of ether oxygens (including phenoxy) is 2. The Morgan fingerprint density at radius 1 is 1.28 bits per heavy atom. The summed E-state index contributed by atoms with van der Waals surface area (Å²) in [5.41, 5.74) is -0.318. The van der Waals surface area contributed by atoms with Crippen molar-refractivity contribution in [2.75, 3.05) is 21.3 Å².